The van der Waals surface area contributed by atoms with Gasteiger partial charge in [-0.05, 0) is 32.9 Å². The number of hydrogen-bond acceptors (Lipinski definition) is 3. The lowest BCUT2D eigenvalue weighted by Crippen LogP contribution is -2.40. The van der Waals surface area contributed by atoms with Crippen molar-refractivity contribution < 1.29 is 14.7 Å². The Morgan fingerprint density at radius 2 is 1.88 bits per heavy atom. The smallest absolute Gasteiger partial charge is 0.303 e. The van der Waals surface area contributed by atoms with E-state index in [-0.39, 0.29) is 18.4 Å². The van der Waals surface area contributed by atoms with E-state index >= 15 is 0 Å². The zero-order chi connectivity index (χ0) is 13.3. The Hall–Kier alpha value is -1.10. The molecule has 5 nitrogen and oxygen atoms in total. The van der Waals surface area contributed by atoms with Crippen LogP contribution in [0.3, 0.4) is 0 Å². The van der Waals surface area contributed by atoms with E-state index in [0.717, 1.165) is 12.8 Å². The van der Waals surface area contributed by atoms with Crippen molar-refractivity contribution >= 4 is 11.9 Å². The number of nitrogens with one attached hydrogen (secondary N) is 1. The molecule has 0 fully saturated rings. The maximum atomic E-state index is 11.6. The van der Waals surface area contributed by atoms with E-state index in [1.54, 1.807) is 0 Å². The van der Waals surface area contributed by atoms with Crippen molar-refractivity contribution in [3.8, 4) is 0 Å². The number of nitrogens with zero attached hydrogens (tertiary/aromatic N) is 1. The van der Waals surface area contributed by atoms with Gasteiger partial charge in [-0.1, -0.05) is 13.8 Å². The van der Waals surface area contributed by atoms with E-state index in [9.17, 15) is 9.59 Å². The predicted octanol–water partition coefficient (Wildman–Crippen LogP) is 1.09. The first-order valence-corrected chi connectivity index (χ1v) is 6.19. The molecular formula is C12H24N2O3. The largest absolute Gasteiger partial charge is 0.481 e. The van der Waals surface area contributed by atoms with Crippen molar-refractivity contribution in [1.29, 1.82) is 0 Å². The van der Waals surface area contributed by atoms with Crippen molar-refractivity contribution in [2.75, 3.05) is 20.1 Å². The summed E-state index contributed by atoms with van der Waals surface area (Å²) in [6.45, 7) is 5.05. The summed E-state index contributed by atoms with van der Waals surface area (Å²) in [5.41, 5.74) is 0. The molecule has 0 aliphatic carbocycles. The van der Waals surface area contributed by atoms with Crippen molar-refractivity contribution in [1.82, 2.24) is 10.2 Å². The highest BCUT2D eigenvalue weighted by Gasteiger charge is 2.10. The van der Waals surface area contributed by atoms with Crippen molar-refractivity contribution in [3.05, 3.63) is 0 Å². The van der Waals surface area contributed by atoms with Gasteiger partial charge in [0.15, 0.2) is 0 Å². The molecule has 0 atom stereocenters. The van der Waals surface area contributed by atoms with Crippen LogP contribution in [0, 0.1) is 0 Å². The average molecular weight is 244 g/mol. The van der Waals surface area contributed by atoms with Gasteiger partial charge in [-0.2, -0.15) is 0 Å². The standard InChI is InChI=1S/C12H24N2O3/c1-4-10(5-2)13-11(15)9-14(3)8-6-7-12(16)17/h10H,4-9H2,1-3H3,(H,13,15)(H,16,17). The first-order chi connectivity index (χ1) is 7.99. The first-order valence-electron chi connectivity index (χ1n) is 6.19. The molecule has 2 N–H and O–H groups in total. The summed E-state index contributed by atoms with van der Waals surface area (Å²) in [5.74, 6) is -0.781. The second-order valence-electron chi connectivity index (χ2n) is 4.32. The molecule has 0 radical (unpaired) electrons. The van der Waals surface area contributed by atoms with Crippen molar-refractivity contribution in [2.45, 2.75) is 45.6 Å². The number of carbonyl (C=O) groups is 2. The van der Waals surface area contributed by atoms with Gasteiger partial charge in [-0.25, -0.2) is 0 Å². The quantitative estimate of drug-likeness (QED) is 0.637. The molecule has 0 rings (SSSR count). The summed E-state index contributed by atoms with van der Waals surface area (Å²) >= 11 is 0. The number of likely N-dealkylation sites (N-methyl/N-ethyl adjacent to an activating group) is 1. The van der Waals surface area contributed by atoms with E-state index in [4.69, 9.17) is 5.11 Å². The van der Waals surface area contributed by atoms with Gasteiger partial charge in [0, 0.05) is 12.5 Å². The molecule has 0 aromatic rings. The lowest BCUT2D eigenvalue weighted by Gasteiger charge is -2.19. The minimum Gasteiger partial charge on any atom is -0.481 e. The number of aliphatic carboxylic acids is 1. The molecule has 0 aliphatic rings. The average Bonchev–Trinajstić information content (AvgIpc) is 2.25. The minimum absolute atomic E-state index is 0.0107. The fourth-order valence-electron chi connectivity index (χ4n) is 1.59. The molecule has 0 saturated heterocycles. The second kappa shape index (κ2) is 8.98. The summed E-state index contributed by atoms with van der Waals surface area (Å²) in [6, 6.07) is 0.245. The lowest BCUT2D eigenvalue weighted by atomic mass is 10.2. The lowest BCUT2D eigenvalue weighted by molar-refractivity contribution is -0.137. The third kappa shape index (κ3) is 8.68. The van der Waals surface area contributed by atoms with E-state index in [2.05, 4.69) is 5.32 Å². The highest BCUT2D eigenvalue weighted by molar-refractivity contribution is 5.78. The Bertz CT molecular complexity index is 240. The van der Waals surface area contributed by atoms with Crippen LogP contribution in [-0.4, -0.2) is 48.1 Å². The minimum atomic E-state index is -0.792. The molecule has 0 aromatic carbocycles. The fourth-order valence-corrected chi connectivity index (χ4v) is 1.59. The number of amides is 1. The fraction of sp³-hybridized carbons (Fsp3) is 0.833. The Balaban J connectivity index is 3.75. The monoisotopic (exact) mass is 244 g/mol. The molecule has 5 heteroatoms. The molecule has 17 heavy (non-hydrogen) atoms. The van der Waals surface area contributed by atoms with Crippen LogP contribution in [0.4, 0.5) is 0 Å². The van der Waals surface area contributed by atoms with E-state index < -0.39 is 5.97 Å². The first kappa shape index (κ1) is 15.9. The Morgan fingerprint density at radius 3 is 2.35 bits per heavy atom. The molecular weight excluding hydrogens is 220 g/mol. The van der Waals surface area contributed by atoms with Gasteiger partial charge < -0.3 is 10.4 Å². The normalized spacial score (nSPS) is 10.9. The van der Waals surface area contributed by atoms with Gasteiger partial charge in [0.25, 0.3) is 0 Å². The summed E-state index contributed by atoms with van der Waals surface area (Å²) in [4.78, 5) is 23.8. The molecule has 0 unspecified atom stereocenters. The molecule has 100 valence electrons. The number of hydrogen-bond donors (Lipinski definition) is 2. The van der Waals surface area contributed by atoms with Gasteiger partial charge in [-0.3, -0.25) is 14.5 Å². The highest BCUT2D eigenvalue weighted by atomic mass is 16.4. The van der Waals surface area contributed by atoms with Crippen molar-refractivity contribution in [2.24, 2.45) is 0 Å². The molecule has 0 spiro atoms. The van der Waals surface area contributed by atoms with Crippen LogP contribution >= 0.6 is 0 Å². The number of rotatable bonds is 9. The summed E-state index contributed by atoms with van der Waals surface area (Å²) < 4.78 is 0. The van der Waals surface area contributed by atoms with Crippen LogP contribution in [-0.2, 0) is 9.59 Å². The zero-order valence-electron chi connectivity index (χ0n) is 11.0. The topological polar surface area (TPSA) is 69.6 Å². The van der Waals surface area contributed by atoms with Gasteiger partial charge in [0.1, 0.15) is 0 Å². The number of carboxylic acids is 1. The van der Waals surface area contributed by atoms with Crippen LogP contribution < -0.4 is 5.32 Å². The molecule has 1 amide bonds. The van der Waals surface area contributed by atoms with Gasteiger partial charge >= 0.3 is 5.97 Å². The van der Waals surface area contributed by atoms with E-state index in [1.807, 2.05) is 25.8 Å². The molecule has 0 bridgehead atoms. The predicted molar refractivity (Wildman–Crippen MR) is 66.9 cm³/mol. The van der Waals surface area contributed by atoms with Crippen molar-refractivity contribution in [3.63, 3.8) is 0 Å². The highest BCUT2D eigenvalue weighted by Crippen LogP contribution is 1.97. The Morgan fingerprint density at radius 1 is 1.29 bits per heavy atom. The van der Waals surface area contributed by atoms with Gasteiger partial charge in [-0.15, -0.1) is 0 Å². The Labute approximate surface area is 103 Å². The SMILES string of the molecule is CCC(CC)NC(=O)CN(C)CCCC(=O)O. The third-order valence-corrected chi connectivity index (χ3v) is 2.69. The van der Waals surface area contributed by atoms with Crippen LogP contribution in [0.25, 0.3) is 0 Å². The van der Waals surface area contributed by atoms with Crippen LogP contribution in [0.2, 0.25) is 0 Å². The van der Waals surface area contributed by atoms with Crippen LogP contribution in [0.1, 0.15) is 39.5 Å². The molecule has 0 saturated carbocycles. The molecule has 0 heterocycles. The van der Waals surface area contributed by atoms with Gasteiger partial charge in [0.05, 0.1) is 6.54 Å². The summed E-state index contributed by atoms with van der Waals surface area (Å²) in [7, 11) is 1.83. The van der Waals surface area contributed by atoms with E-state index in [1.165, 1.54) is 0 Å². The maximum Gasteiger partial charge on any atom is 0.303 e. The third-order valence-electron chi connectivity index (χ3n) is 2.69. The maximum absolute atomic E-state index is 11.6. The zero-order valence-corrected chi connectivity index (χ0v) is 11.0. The molecule has 0 aliphatic heterocycles. The Kier molecular flexibility index (Phi) is 8.40. The van der Waals surface area contributed by atoms with Crippen LogP contribution in [0.5, 0.6) is 0 Å². The van der Waals surface area contributed by atoms with E-state index in [0.29, 0.717) is 19.5 Å². The number of carbonyl (C=O) groups excluding carboxylic acids is 1. The number of carboxylic acid groups (broad SMARTS) is 1. The second-order valence-corrected chi connectivity index (χ2v) is 4.32. The van der Waals surface area contributed by atoms with Gasteiger partial charge in [0.2, 0.25) is 5.91 Å². The summed E-state index contributed by atoms with van der Waals surface area (Å²) in [5, 5.41) is 11.4. The summed E-state index contributed by atoms with van der Waals surface area (Å²) in [6.07, 6.45) is 2.60. The van der Waals surface area contributed by atoms with Crippen LogP contribution in [0.15, 0.2) is 0 Å². The molecule has 0 aromatic heterocycles.